The van der Waals surface area contributed by atoms with E-state index >= 15 is 0 Å². The van der Waals surface area contributed by atoms with Gasteiger partial charge in [0.1, 0.15) is 0 Å². The van der Waals surface area contributed by atoms with E-state index in [9.17, 15) is 9.59 Å². The Morgan fingerprint density at radius 1 is 1.21 bits per heavy atom. The minimum Gasteiger partial charge on any atom is -0.307 e. The van der Waals surface area contributed by atoms with Crippen molar-refractivity contribution in [1.29, 1.82) is 0 Å². The molecule has 2 aromatic rings. The number of rotatable bonds is 5. The van der Waals surface area contributed by atoms with Gasteiger partial charge in [-0.3, -0.25) is 10.1 Å². The van der Waals surface area contributed by atoms with Crippen LogP contribution in [-0.2, 0) is 4.79 Å². The molecule has 8 nitrogen and oxygen atoms in total. The molecule has 1 aromatic carbocycles. The van der Waals surface area contributed by atoms with Gasteiger partial charge >= 0.3 is 6.03 Å². The Hall–Kier alpha value is -2.42. The van der Waals surface area contributed by atoms with Gasteiger partial charge in [0.05, 0.1) is 11.3 Å². The van der Waals surface area contributed by atoms with Gasteiger partial charge in [0.2, 0.25) is 11.1 Å². The lowest BCUT2D eigenvalue weighted by Crippen LogP contribution is -2.39. The second-order valence-corrected chi connectivity index (χ2v) is 8.53. The lowest BCUT2D eigenvalue weighted by Gasteiger charge is -2.22. The first-order chi connectivity index (χ1) is 13.4. The maximum atomic E-state index is 12.4. The van der Waals surface area contributed by atoms with Crippen molar-refractivity contribution in [3.8, 4) is 0 Å². The number of aryl methyl sites for hydroxylation is 2. The Kier molecular flexibility index (Phi) is 6.66. The molecule has 1 aliphatic rings. The van der Waals surface area contributed by atoms with Gasteiger partial charge < -0.3 is 5.32 Å². The second kappa shape index (κ2) is 9.18. The first kappa shape index (κ1) is 20.3. The molecule has 1 aromatic heterocycles. The van der Waals surface area contributed by atoms with Crippen molar-refractivity contribution in [3.63, 3.8) is 0 Å². The quantitative estimate of drug-likeness (QED) is 0.741. The van der Waals surface area contributed by atoms with Crippen molar-refractivity contribution in [3.05, 3.63) is 29.3 Å². The van der Waals surface area contributed by atoms with Gasteiger partial charge in [-0.1, -0.05) is 48.7 Å². The van der Waals surface area contributed by atoms with E-state index in [2.05, 4.69) is 26.2 Å². The van der Waals surface area contributed by atoms with Gasteiger partial charge in [0.15, 0.2) is 0 Å². The number of carbonyl (C=O) groups is 2. The summed E-state index contributed by atoms with van der Waals surface area (Å²) in [5, 5.41) is 17.2. The second-order valence-electron chi connectivity index (χ2n) is 7.22. The number of thioether (sulfide) groups is 1. The summed E-state index contributed by atoms with van der Waals surface area (Å²) in [7, 11) is 0. The van der Waals surface area contributed by atoms with Crippen molar-refractivity contribution in [1.82, 2.24) is 25.5 Å². The molecule has 9 heteroatoms. The fourth-order valence-electron chi connectivity index (χ4n) is 3.35. The Balaban J connectivity index is 1.56. The van der Waals surface area contributed by atoms with Crippen LogP contribution >= 0.6 is 11.8 Å². The molecule has 0 saturated heterocycles. The molecule has 0 aliphatic heterocycles. The summed E-state index contributed by atoms with van der Waals surface area (Å²) in [5.41, 5.74) is 2.73. The standard InChI is InChI=1S/C19H26N6O2S/c1-12-9-10-16(13(2)11-12)20-18(27)21-17(26)14(3)28-19-22-23-24-25(19)15-7-5-4-6-8-15/h9-11,14-15H,4-8H2,1-3H3,(H2,20,21,26,27)/t14-/m1/s1. The summed E-state index contributed by atoms with van der Waals surface area (Å²) < 4.78 is 1.82. The molecule has 1 aliphatic carbocycles. The number of amides is 3. The number of aromatic nitrogens is 4. The molecule has 3 rings (SSSR count). The number of hydrogen-bond acceptors (Lipinski definition) is 6. The summed E-state index contributed by atoms with van der Waals surface area (Å²) in [5.74, 6) is -0.384. The van der Waals surface area contributed by atoms with Gasteiger partial charge in [-0.15, -0.1) is 5.10 Å². The SMILES string of the molecule is Cc1ccc(NC(=O)NC(=O)[C@@H](C)Sc2nnnn2C2CCCCC2)c(C)c1. The Labute approximate surface area is 168 Å². The summed E-state index contributed by atoms with van der Waals surface area (Å²) in [4.78, 5) is 24.6. The molecule has 1 saturated carbocycles. The number of benzene rings is 1. The number of nitrogens with one attached hydrogen (secondary N) is 2. The van der Waals surface area contributed by atoms with Crippen LogP contribution in [0.15, 0.2) is 23.4 Å². The number of tetrazole rings is 1. The average molecular weight is 403 g/mol. The zero-order valence-electron chi connectivity index (χ0n) is 16.4. The van der Waals surface area contributed by atoms with E-state index in [1.165, 1.54) is 31.0 Å². The first-order valence-electron chi connectivity index (χ1n) is 9.57. The molecule has 0 spiro atoms. The number of imide groups is 1. The van der Waals surface area contributed by atoms with Gasteiger partial charge in [0, 0.05) is 5.69 Å². The topological polar surface area (TPSA) is 102 Å². The fraction of sp³-hybridized carbons (Fsp3) is 0.526. The molecule has 1 atom stereocenters. The molecule has 150 valence electrons. The molecule has 28 heavy (non-hydrogen) atoms. The van der Waals surface area contributed by atoms with Crippen LogP contribution in [0.3, 0.4) is 0 Å². The Morgan fingerprint density at radius 2 is 1.96 bits per heavy atom. The summed E-state index contributed by atoms with van der Waals surface area (Å²) >= 11 is 1.27. The first-order valence-corrected chi connectivity index (χ1v) is 10.5. The predicted molar refractivity (Wildman–Crippen MR) is 108 cm³/mol. The highest BCUT2D eigenvalue weighted by Crippen LogP contribution is 2.31. The molecular weight excluding hydrogens is 376 g/mol. The van der Waals surface area contributed by atoms with Crippen LogP contribution < -0.4 is 10.6 Å². The number of urea groups is 1. The van der Waals surface area contributed by atoms with E-state index in [0.29, 0.717) is 10.8 Å². The largest absolute Gasteiger partial charge is 0.325 e. The molecule has 2 N–H and O–H groups in total. The van der Waals surface area contributed by atoms with Crippen LogP contribution in [0.1, 0.15) is 56.2 Å². The average Bonchev–Trinajstić information content (AvgIpc) is 3.12. The number of nitrogens with zero attached hydrogens (tertiary/aromatic N) is 4. The summed E-state index contributed by atoms with van der Waals surface area (Å²) in [6, 6.07) is 5.45. The van der Waals surface area contributed by atoms with Crippen LogP contribution in [0.4, 0.5) is 10.5 Å². The van der Waals surface area contributed by atoms with Crippen molar-refractivity contribution in [2.24, 2.45) is 0 Å². The third-order valence-electron chi connectivity index (χ3n) is 4.90. The molecule has 0 radical (unpaired) electrons. The monoisotopic (exact) mass is 402 g/mol. The minimum absolute atomic E-state index is 0.286. The molecule has 1 heterocycles. The van der Waals surface area contributed by atoms with Crippen molar-refractivity contribution in [2.75, 3.05) is 5.32 Å². The number of hydrogen-bond donors (Lipinski definition) is 2. The number of carbonyl (C=O) groups excluding carboxylic acids is 2. The zero-order valence-corrected chi connectivity index (χ0v) is 17.3. The van der Waals surface area contributed by atoms with Crippen LogP contribution in [0.2, 0.25) is 0 Å². The summed E-state index contributed by atoms with van der Waals surface area (Å²) in [6.45, 7) is 5.64. The maximum absolute atomic E-state index is 12.4. The minimum atomic E-state index is -0.545. The van der Waals surface area contributed by atoms with E-state index in [-0.39, 0.29) is 11.9 Å². The van der Waals surface area contributed by atoms with Crippen LogP contribution in [0, 0.1) is 13.8 Å². The number of anilines is 1. The van der Waals surface area contributed by atoms with Crippen LogP contribution in [0.5, 0.6) is 0 Å². The van der Waals surface area contributed by atoms with E-state index in [4.69, 9.17) is 0 Å². The third kappa shape index (κ3) is 5.09. The highest BCUT2D eigenvalue weighted by Gasteiger charge is 2.24. The van der Waals surface area contributed by atoms with Crippen LogP contribution in [-0.4, -0.2) is 37.4 Å². The van der Waals surface area contributed by atoms with E-state index in [1.807, 2.05) is 36.7 Å². The summed E-state index contributed by atoms with van der Waals surface area (Å²) in [6.07, 6.45) is 5.69. The highest BCUT2D eigenvalue weighted by molar-refractivity contribution is 8.00. The highest BCUT2D eigenvalue weighted by atomic mass is 32.2. The smallest absolute Gasteiger partial charge is 0.307 e. The molecule has 1 fully saturated rings. The van der Waals surface area contributed by atoms with E-state index < -0.39 is 11.3 Å². The molecule has 3 amide bonds. The Morgan fingerprint density at radius 3 is 2.68 bits per heavy atom. The van der Waals surface area contributed by atoms with E-state index in [1.54, 1.807) is 6.92 Å². The van der Waals surface area contributed by atoms with Gasteiger partial charge in [-0.05, 0) is 55.7 Å². The lowest BCUT2D eigenvalue weighted by atomic mass is 9.96. The van der Waals surface area contributed by atoms with Crippen molar-refractivity contribution in [2.45, 2.75) is 69.3 Å². The lowest BCUT2D eigenvalue weighted by molar-refractivity contribution is -0.119. The maximum Gasteiger partial charge on any atom is 0.325 e. The van der Waals surface area contributed by atoms with Crippen LogP contribution in [0.25, 0.3) is 0 Å². The molecule has 0 bridgehead atoms. The molecule has 0 unspecified atom stereocenters. The fourth-order valence-corrected chi connectivity index (χ4v) is 4.21. The van der Waals surface area contributed by atoms with Crippen molar-refractivity contribution >= 4 is 29.4 Å². The zero-order chi connectivity index (χ0) is 20.1. The Bertz CT molecular complexity index is 847. The van der Waals surface area contributed by atoms with Gasteiger partial charge in [-0.25, -0.2) is 9.48 Å². The third-order valence-corrected chi connectivity index (χ3v) is 5.95. The predicted octanol–water partition coefficient (Wildman–Crippen LogP) is 3.62. The van der Waals surface area contributed by atoms with Gasteiger partial charge in [-0.2, -0.15) is 0 Å². The normalized spacial score (nSPS) is 15.8. The molecular formula is C19H26N6O2S. The van der Waals surface area contributed by atoms with Crippen molar-refractivity contribution < 1.29 is 9.59 Å². The van der Waals surface area contributed by atoms with Gasteiger partial charge in [0.25, 0.3) is 0 Å². The van der Waals surface area contributed by atoms with E-state index in [0.717, 1.165) is 24.0 Å².